The molecule has 3 rings (SSSR count). The number of nitrogen functional groups attached to an aromatic ring is 1. The van der Waals surface area contributed by atoms with Crippen molar-refractivity contribution < 1.29 is 4.79 Å². The normalized spacial score (nSPS) is 18.6. The SMILES string of the molecule is Cl.NC(=O)[C@@H]1CCCN1Cc1ccc2c(N)nccc2c1. The summed E-state index contributed by atoms with van der Waals surface area (Å²) in [7, 11) is 0. The molecular weight excluding hydrogens is 288 g/mol. The number of likely N-dealkylation sites (tertiary alicyclic amines) is 1. The third-order valence-corrected chi connectivity index (χ3v) is 3.94. The zero-order chi connectivity index (χ0) is 14.1. The van der Waals surface area contributed by atoms with Crippen molar-refractivity contribution >= 4 is 34.9 Å². The van der Waals surface area contributed by atoms with Gasteiger partial charge < -0.3 is 11.5 Å². The second-order valence-electron chi connectivity index (χ2n) is 5.28. The van der Waals surface area contributed by atoms with Crippen molar-refractivity contribution in [3.8, 4) is 0 Å². The second-order valence-corrected chi connectivity index (χ2v) is 5.28. The van der Waals surface area contributed by atoms with Gasteiger partial charge in [0.15, 0.2) is 0 Å². The van der Waals surface area contributed by atoms with E-state index in [1.165, 1.54) is 0 Å². The number of nitrogens with zero attached hydrogens (tertiary/aromatic N) is 2. The number of nitrogens with two attached hydrogens (primary N) is 2. The Morgan fingerprint density at radius 2 is 2.19 bits per heavy atom. The summed E-state index contributed by atoms with van der Waals surface area (Å²) >= 11 is 0. The summed E-state index contributed by atoms with van der Waals surface area (Å²) in [4.78, 5) is 17.6. The fraction of sp³-hybridized carbons (Fsp3) is 0.333. The molecule has 21 heavy (non-hydrogen) atoms. The van der Waals surface area contributed by atoms with Crippen molar-refractivity contribution in [3.63, 3.8) is 0 Å². The van der Waals surface area contributed by atoms with Gasteiger partial charge in [0.05, 0.1) is 6.04 Å². The van der Waals surface area contributed by atoms with Gasteiger partial charge in [-0.2, -0.15) is 0 Å². The monoisotopic (exact) mass is 306 g/mol. The molecule has 1 amide bonds. The molecule has 1 saturated heterocycles. The predicted octanol–water partition coefficient (Wildman–Crippen LogP) is 1.69. The van der Waals surface area contributed by atoms with Gasteiger partial charge in [-0.15, -0.1) is 12.4 Å². The quantitative estimate of drug-likeness (QED) is 0.903. The molecule has 2 heterocycles. The fourth-order valence-corrected chi connectivity index (χ4v) is 2.92. The molecule has 1 aliphatic rings. The number of carbonyl (C=O) groups excluding carboxylic acids is 1. The van der Waals surface area contributed by atoms with Gasteiger partial charge in [-0.25, -0.2) is 4.98 Å². The Kier molecular flexibility index (Phi) is 4.65. The summed E-state index contributed by atoms with van der Waals surface area (Å²) in [6.07, 6.45) is 3.60. The topological polar surface area (TPSA) is 85.2 Å². The third kappa shape index (κ3) is 3.09. The van der Waals surface area contributed by atoms with E-state index in [-0.39, 0.29) is 24.4 Å². The highest BCUT2D eigenvalue weighted by molar-refractivity contribution is 5.91. The van der Waals surface area contributed by atoms with Crippen LogP contribution >= 0.6 is 12.4 Å². The molecule has 0 radical (unpaired) electrons. The molecule has 1 atom stereocenters. The standard InChI is InChI=1S/C15H18N4O.ClH/c16-14-12-4-3-10(8-11(12)5-6-18-14)9-19-7-1-2-13(19)15(17)20;/h3-6,8,13H,1-2,7,9H2,(H2,16,18)(H2,17,20);1H/t13-;/m0./s1. The van der Waals surface area contributed by atoms with Crippen LogP contribution < -0.4 is 11.5 Å². The first kappa shape index (κ1) is 15.5. The van der Waals surface area contributed by atoms with E-state index in [0.717, 1.165) is 42.3 Å². The summed E-state index contributed by atoms with van der Waals surface area (Å²) in [5, 5.41) is 2.04. The Balaban J connectivity index is 0.00000161. The molecule has 0 saturated carbocycles. The van der Waals surface area contributed by atoms with Crippen LogP contribution in [-0.4, -0.2) is 28.4 Å². The van der Waals surface area contributed by atoms with E-state index in [4.69, 9.17) is 11.5 Å². The van der Waals surface area contributed by atoms with E-state index in [2.05, 4.69) is 16.0 Å². The van der Waals surface area contributed by atoms with Crippen LogP contribution in [0.15, 0.2) is 30.5 Å². The molecule has 112 valence electrons. The van der Waals surface area contributed by atoms with Crippen LogP contribution in [0.1, 0.15) is 18.4 Å². The number of aromatic nitrogens is 1. The van der Waals surface area contributed by atoms with E-state index in [1.807, 2.05) is 18.2 Å². The number of benzene rings is 1. The number of fused-ring (bicyclic) bond motifs is 1. The van der Waals surface area contributed by atoms with Gasteiger partial charge in [-0.05, 0) is 42.5 Å². The Bertz CT molecular complexity index is 661. The van der Waals surface area contributed by atoms with Crippen LogP contribution in [0.5, 0.6) is 0 Å². The van der Waals surface area contributed by atoms with Gasteiger partial charge in [0.2, 0.25) is 5.91 Å². The van der Waals surface area contributed by atoms with Crippen LogP contribution in [0.2, 0.25) is 0 Å². The number of carbonyl (C=O) groups is 1. The molecule has 0 unspecified atom stereocenters. The zero-order valence-corrected chi connectivity index (χ0v) is 12.5. The third-order valence-electron chi connectivity index (χ3n) is 3.94. The number of amides is 1. The highest BCUT2D eigenvalue weighted by atomic mass is 35.5. The molecule has 1 fully saturated rings. The number of rotatable bonds is 3. The molecule has 6 heteroatoms. The number of halogens is 1. The lowest BCUT2D eigenvalue weighted by Crippen LogP contribution is -2.39. The maximum absolute atomic E-state index is 11.4. The Hall–Kier alpha value is -1.85. The van der Waals surface area contributed by atoms with Crippen LogP contribution in [0.4, 0.5) is 5.82 Å². The Morgan fingerprint density at radius 3 is 2.95 bits per heavy atom. The van der Waals surface area contributed by atoms with Gasteiger partial charge in [0.25, 0.3) is 0 Å². The second kappa shape index (κ2) is 6.28. The first-order chi connectivity index (χ1) is 9.65. The number of hydrogen-bond acceptors (Lipinski definition) is 4. The number of anilines is 1. The zero-order valence-electron chi connectivity index (χ0n) is 11.7. The molecule has 1 aliphatic heterocycles. The predicted molar refractivity (Wildman–Crippen MR) is 86.0 cm³/mol. The molecule has 1 aromatic heterocycles. The highest BCUT2D eigenvalue weighted by Gasteiger charge is 2.28. The first-order valence-corrected chi connectivity index (χ1v) is 6.81. The molecule has 0 spiro atoms. The van der Waals surface area contributed by atoms with Crippen molar-refractivity contribution in [1.82, 2.24) is 9.88 Å². The van der Waals surface area contributed by atoms with E-state index in [0.29, 0.717) is 5.82 Å². The van der Waals surface area contributed by atoms with Crippen molar-refractivity contribution in [2.45, 2.75) is 25.4 Å². The lowest BCUT2D eigenvalue weighted by molar-refractivity contribution is -0.122. The summed E-state index contributed by atoms with van der Waals surface area (Å²) in [6, 6.07) is 7.95. The van der Waals surface area contributed by atoms with Crippen molar-refractivity contribution in [2.24, 2.45) is 5.73 Å². The molecule has 1 aromatic carbocycles. The number of primary amides is 1. The summed E-state index contributed by atoms with van der Waals surface area (Å²) in [5.74, 6) is 0.321. The number of pyridine rings is 1. The van der Waals surface area contributed by atoms with Crippen LogP contribution in [-0.2, 0) is 11.3 Å². The van der Waals surface area contributed by atoms with Crippen molar-refractivity contribution in [1.29, 1.82) is 0 Å². The Morgan fingerprint density at radius 1 is 1.38 bits per heavy atom. The molecular formula is C15H19ClN4O. The van der Waals surface area contributed by atoms with E-state index < -0.39 is 0 Å². The fourth-order valence-electron chi connectivity index (χ4n) is 2.92. The molecule has 4 N–H and O–H groups in total. The minimum absolute atomic E-state index is 0. The Labute approximate surface area is 129 Å². The van der Waals surface area contributed by atoms with Gasteiger partial charge in [0.1, 0.15) is 5.82 Å². The average molecular weight is 307 g/mol. The summed E-state index contributed by atoms with van der Waals surface area (Å²) in [5.41, 5.74) is 12.5. The summed E-state index contributed by atoms with van der Waals surface area (Å²) in [6.45, 7) is 1.66. The van der Waals surface area contributed by atoms with Crippen molar-refractivity contribution in [2.75, 3.05) is 12.3 Å². The van der Waals surface area contributed by atoms with E-state index >= 15 is 0 Å². The largest absolute Gasteiger partial charge is 0.383 e. The van der Waals surface area contributed by atoms with Gasteiger partial charge in [-0.3, -0.25) is 9.69 Å². The first-order valence-electron chi connectivity index (χ1n) is 6.81. The van der Waals surface area contributed by atoms with Gasteiger partial charge in [-0.1, -0.05) is 12.1 Å². The van der Waals surface area contributed by atoms with Crippen LogP contribution in [0, 0.1) is 0 Å². The smallest absolute Gasteiger partial charge is 0.234 e. The molecule has 0 aliphatic carbocycles. The molecule has 0 bridgehead atoms. The van der Waals surface area contributed by atoms with Crippen LogP contribution in [0.3, 0.4) is 0 Å². The van der Waals surface area contributed by atoms with Crippen LogP contribution in [0.25, 0.3) is 10.8 Å². The highest BCUT2D eigenvalue weighted by Crippen LogP contribution is 2.23. The molecule has 5 nitrogen and oxygen atoms in total. The maximum atomic E-state index is 11.4. The van der Waals surface area contributed by atoms with Gasteiger partial charge >= 0.3 is 0 Å². The maximum Gasteiger partial charge on any atom is 0.234 e. The minimum Gasteiger partial charge on any atom is -0.383 e. The van der Waals surface area contributed by atoms with Crippen molar-refractivity contribution in [3.05, 3.63) is 36.0 Å². The lowest BCUT2D eigenvalue weighted by Gasteiger charge is -2.22. The summed E-state index contributed by atoms with van der Waals surface area (Å²) < 4.78 is 0. The van der Waals surface area contributed by atoms with Gasteiger partial charge in [0, 0.05) is 18.1 Å². The lowest BCUT2D eigenvalue weighted by atomic mass is 10.1. The van der Waals surface area contributed by atoms with E-state index in [1.54, 1.807) is 6.20 Å². The molecule has 2 aromatic rings. The minimum atomic E-state index is -0.225. The average Bonchev–Trinajstić information content (AvgIpc) is 2.87. The number of hydrogen-bond donors (Lipinski definition) is 2. The van der Waals surface area contributed by atoms with E-state index in [9.17, 15) is 4.79 Å².